The fourth-order valence-electron chi connectivity index (χ4n) is 6.74. The first-order valence-corrected chi connectivity index (χ1v) is 15.4. The molecule has 6 rings (SSSR count). The van der Waals surface area contributed by atoms with E-state index in [1.165, 1.54) is 9.80 Å². The maximum Gasteiger partial charge on any atom is 0.415 e. The van der Waals surface area contributed by atoms with Crippen LogP contribution in [-0.4, -0.2) is 82.0 Å². The molecule has 11 nitrogen and oxygen atoms in total. The van der Waals surface area contributed by atoms with Crippen molar-refractivity contribution in [1.82, 2.24) is 14.8 Å². The number of likely N-dealkylation sites (N-methyl/N-ethyl adjacent to an activating group) is 1. The number of nitriles is 1. The summed E-state index contributed by atoms with van der Waals surface area (Å²) in [4.78, 5) is 35.5. The highest BCUT2D eigenvalue weighted by molar-refractivity contribution is 9.10. The number of anilines is 2. The second kappa shape index (κ2) is 11.6. The number of nitrogens with zero attached hydrogens (tertiary/aromatic N) is 5. The van der Waals surface area contributed by atoms with Crippen LogP contribution in [0, 0.1) is 23.1 Å². The lowest BCUT2D eigenvalue weighted by molar-refractivity contribution is 0.0517. The number of nitrogen functional groups attached to an aromatic ring is 1. The highest BCUT2D eigenvalue weighted by Gasteiger charge is 2.59. The first-order valence-electron chi connectivity index (χ1n) is 14.6. The molecule has 2 amide bonds. The van der Waals surface area contributed by atoms with Crippen molar-refractivity contribution >= 4 is 50.4 Å². The standard InChI is InChI=1S/C30H38BrFN6O5/c1-15(19-9-7-11-36(19)5)42-27-23(34)26(18-12-16(8-6-10-33)21(31)22(32)24(18)35-27)38(29(41)43-30(2,3)4)25-17-13-20(25)37(14-17)28(39)40/h12,15,17,19-20,25H,6-9,11,13-14,34H2,1-5H3,(H,39,40)/t15-,17?,19-,20?,25?/m0/s1. The van der Waals surface area contributed by atoms with E-state index in [4.69, 9.17) is 15.2 Å². The highest BCUT2D eigenvalue weighted by atomic mass is 79.9. The molecule has 3 unspecified atom stereocenters. The van der Waals surface area contributed by atoms with E-state index in [0.29, 0.717) is 12.0 Å². The van der Waals surface area contributed by atoms with E-state index in [-0.39, 0.29) is 70.1 Å². The maximum atomic E-state index is 16.1. The molecule has 0 spiro atoms. The van der Waals surface area contributed by atoms with Crippen LogP contribution in [-0.2, 0) is 11.2 Å². The van der Waals surface area contributed by atoms with Crippen LogP contribution in [0.1, 0.15) is 58.9 Å². The summed E-state index contributed by atoms with van der Waals surface area (Å²) in [6, 6.07) is 2.80. The van der Waals surface area contributed by atoms with Gasteiger partial charge < -0.3 is 25.2 Å². The van der Waals surface area contributed by atoms with Crippen molar-refractivity contribution in [2.24, 2.45) is 5.92 Å². The predicted octanol–water partition coefficient (Wildman–Crippen LogP) is 5.53. The normalized spacial score (nSPS) is 24.0. The molecule has 43 heavy (non-hydrogen) atoms. The Morgan fingerprint density at radius 1 is 1.40 bits per heavy atom. The molecule has 3 saturated heterocycles. The Morgan fingerprint density at radius 2 is 2.12 bits per heavy atom. The lowest BCUT2D eigenvalue weighted by Gasteiger charge is -2.44. The number of aromatic nitrogens is 1. The largest absolute Gasteiger partial charge is 0.471 e. The molecule has 2 aromatic rings. The van der Waals surface area contributed by atoms with Crippen molar-refractivity contribution in [3.8, 4) is 11.9 Å². The third-order valence-electron chi connectivity index (χ3n) is 8.76. The number of carbonyl (C=O) groups excluding carboxylic acids is 1. The Bertz CT molecular complexity index is 1490. The summed E-state index contributed by atoms with van der Waals surface area (Å²) in [5.74, 6) is -0.846. The number of aryl methyl sites for hydroxylation is 1. The highest BCUT2D eigenvalue weighted by Crippen LogP contribution is 2.50. The summed E-state index contributed by atoms with van der Waals surface area (Å²) in [7, 11) is 2.02. The monoisotopic (exact) mass is 660 g/mol. The molecule has 1 aliphatic carbocycles. The number of carbonyl (C=O) groups is 2. The molecule has 1 aromatic carbocycles. The quantitative estimate of drug-likeness (QED) is 0.391. The van der Waals surface area contributed by atoms with E-state index in [1.807, 2.05) is 14.0 Å². The molecule has 1 aromatic heterocycles. The lowest BCUT2D eigenvalue weighted by Crippen LogP contribution is -2.58. The van der Waals surface area contributed by atoms with Gasteiger partial charge in [-0.25, -0.2) is 19.0 Å². The van der Waals surface area contributed by atoms with Crippen LogP contribution in [0.3, 0.4) is 0 Å². The number of hydrogen-bond donors (Lipinski definition) is 2. The van der Waals surface area contributed by atoms with E-state index < -0.39 is 35.7 Å². The van der Waals surface area contributed by atoms with Gasteiger partial charge in [-0.3, -0.25) is 9.80 Å². The van der Waals surface area contributed by atoms with Crippen LogP contribution in [0.25, 0.3) is 10.9 Å². The zero-order chi connectivity index (χ0) is 31.4. The number of likely N-dealkylation sites (tertiary alicyclic amines) is 1. The van der Waals surface area contributed by atoms with Gasteiger partial charge in [0, 0.05) is 30.3 Å². The molecule has 13 heteroatoms. The summed E-state index contributed by atoms with van der Waals surface area (Å²) < 4.78 is 28.5. The first kappa shape index (κ1) is 31.1. The van der Waals surface area contributed by atoms with Gasteiger partial charge in [0.05, 0.1) is 28.3 Å². The topological polar surface area (TPSA) is 145 Å². The molecule has 3 N–H and O–H groups in total. The van der Waals surface area contributed by atoms with Gasteiger partial charge in [-0.05, 0) is 94.5 Å². The average molecular weight is 662 g/mol. The Labute approximate surface area is 258 Å². The van der Waals surface area contributed by atoms with Crippen molar-refractivity contribution in [2.45, 2.75) is 89.6 Å². The van der Waals surface area contributed by atoms with Gasteiger partial charge >= 0.3 is 12.2 Å². The number of pyridine rings is 1. The van der Waals surface area contributed by atoms with Gasteiger partial charge in [0.2, 0.25) is 5.88 Å². The van der Waals surface area contributed by atoms with Crippen LogP contribution >= 0.6 is 15.9 Å². The van der Waals surface area contributed by atoms with Gasteiger partial charge in [0.15, 0.2) is 5.82 Å². The number of amides is 2. The van der Waals surface area contributed by atoms with Crippen molar-refractivity contribution in [3.63, 3.8) is 0 Å². The van der Waals surface area contributed by atoms with Gasteiger partial charge in [-0.1, -0.05) is 0 Å². The minimum absolute atomic E-state index is 0.0128. The summed E-state index contributed by atoms with van der Waals surface area (Å²) in [5, 5.41) is 19.3. The van der Waals surface area contributed by atoms with E-state index in [1.54, 1.807) is 26.8 Å². The number of nitrogens with two attached hydrogens (primary N) is 1. The van der Waals surface area contributed by atoms with E-state index in [2.05, 4.69) is 31.9 Å². The molecular weight excluding hydrogens is 623 g/mol. The van der Waals surface area contributed by atoms with Gasteiger partial charge in [0.25, 0.3) is 0 Å². The average Bonchev–Trinajstić information content (AvgIpc) is 3.64. The number of ether oxygens (including phenoxy) is 2. The Kier molecular flexibility index (Phi) is 8.39. The predicted molar refractivity (Wildman–Crippen MR) is 163 cm³/mol. The number of benzene rings is 1. The molecule has 232 valence electrons. The number of fused-ring (bicyclic) bond motifs is 2. The Hall–Kier alpha value is -3.37. The zero-order valence-electron chi connectivity index (χ0n) is 25.1. The third-order valence-corrected chi connectivity index (χ3v) is 9.62. The number of rotatable bonds is 7. The summed E-state index contributed by atoms with van der Waals surface area (Å²) in [5.41, 5.74) is 6.60. The second-order valence-electron chi connectivity index (χ2n) is 12.7. The van der Waals surface area contributed by atoms with Gasteiger partial charge in [-0.15, -0.1) is 0 Å². The maximum absolute atomic E-state index is 16.1. The number of hydrogen-bond acceptors (Lipinski definition) is 8. The molecule has 4 aliphatic rings. The molecule has 3 aliphatic heterocycles. The minimum atomic E-state index is -1.07. The van der Waals surface area contributed by atoms with Crippen LogP contribution in [0.2, 0.25) is 0 Å². The van der Waals surface area contributed by atoms with Crippen molar-refractivity contribution in [2.75, 3.05) is 30.8 Å². The molecule has 4 fully saturated rings. The number of carboxylic acid groups (broad SMARTS) is 1. The van der Waals surface area contributed by atoms with Gasteiger partial charge in [-0.2, -0.15) is 5.26 Å². The fraction of sp³-hybridized carbons (Fsp3) is 0.600. The lowest BCUT2D eigenvalue weighted by atomic mass is 9.78. The van der Waals surface area contributed by atoms with Crippen LogP contribution in [0.5, 0.6) is 5.88 Å². The smallest absolute Gasteiger partial charge is 0.415 e. The fourth-order valence-corrected chi connectivity index (χ4v) is 7.24. The van der Waals surface area contributed by atoms with Crippen LogP contribution in [0.15, 0.2) is 10.5 Å². The third kappa shape index (κ3) is 5.67. The van der Waals surface area contributed by atoms with Crippen LogP contribution in [0.4, 0.5) is 25.4 Å². The van der Waals surface area contributed by atoms with Crippen molar-refractivity contribution in [1.29, 1.82) is 5.26 Å². The molecule has 1 saturated carbocycles. The van der Waals surface area contributed by atoms with Gasteiger partial charge in [0.1, 0.15) is 22.9 Å². The van der Waals surface area contributed by atoms with Crippen LogP contribution < -0.4 is 15.4 Å². The number of halogens is 2. The first-order chi connectivity index (χ1) is 20.2. The molecule has 2 bridgehead atoms. The Morgan fingerprint density at radius 3 is 2.70 bits per heavy atom. The summed E-state index contributed by atoms with van der Waals surface area (Å²) in [6.45, 7) is 8.31. The minimum Gasteiger partial charge on any atom is -0.471 e. The Balaban J connectivity index is 1.73. The van der Waals surface area contributed by atoms with E-state index in [9.17, 15) is 20.0 Å². The van der Waals surface area contributed by atoms with Crippen molar-refractivity contribution in [3.05, 3.63) is 21.9 Å². The summed E-state index contributed by atoms with van der Waals surface area (Å²) >= 11 is 3.34. The SMILES string of the molecule is C[C@H](Oc1nc2c(F)c(Br)c(CCC#N)cc2c(N(C(=O)OC(C)(C)C)C2C3CC2N(C(=O)O)C3)c1N)[C@@H]1CCCN1C. The zero-order valence-corrected chi connectivity index (χ0v) is 26.6. The summed E-state index contributed by atoms with van der Waals surface area (Å²) in [6.07, 6.45) is 0.777. The second-order valence-corrected chi connectivity index (χ2v) is 13.5. The van der Waals surface area contributed by atoms with E-state index >= 15 is 4.39 Å². The molecular formula is C30H38BrFN6O5. The van der Waals surface area contributed by atoms with E-state index in [0.717, 1.165) is 19.4 Å². The molecule has 5 atom stereocenters. The van der Waals surface area contributed by atoms with Crippen molar-refractivity contribution < 1.29 is 28.6 Å². The molecule has 4 heterocycles. The molecule has 0 radical (unpaired) electrons.